The number of hydrogen-bond acceptors (Lipinski definition) is 3. The second-order valence-electron chi connectivity index (χ2n) is 8.32. The van der Waals surface area contributed by atoms with Crippen LogP contribution in [0.1, 0.15) is 43.4 Å². The lowest BCUT2D eigenvalue weighted by Gasteiger charge is -2.37. The van der Waals surface area contributed by atoms with Gasteiger partial charge in [0, 0.05) is 31.9 Å². The van der Waals surface area contributed by atoms with Crippen molar-refractivity contribution in [3.05, 3.63) is 59.2 Å². The van der Waals surface area contributed by atoms with Gasteiger partial charge in [-0.2, -0.15) is 13.2 Å². The zero-order chi connectivity index (χ0) is 22.8. The van der Waals surface area contributed by atoms with E-state index in [1.165, 1.54) is 6.07 Å². The fourth-order valence-electron chi connectivity index (χ4n) is 3.78. The van der Waals surface area contributed by atoms with Crippen LogP contribution in [-0.2, 0) is 11.0 Å². The molecule has 7 heteroatoms. The number of carbonyl (C=O) groups excluding carboxylic acids is 1. The number of amides is 1. The van der Waals surface area contributed by atoms with E-state index < -0.39 is 17.8 Å². The molecule has 0 radical (unpaired) electrons. The lowest BCUT2D eigenvalue weighted by atomic mass is 10.0. The van der Waals surface area contributed by atoms with Crippen LogP contribution >= 0.6 is 0 Å². The summed E-state index contributed by atoms with van der Waals surface area (Å²) in [6, 6.07) is 11.3. The van der Waals surface area contributed by atoms with Gasteiger partial charge in [0.25, 0.3) is 5.91 Å². The molecular formula is C24H29F3N2O2. The van der Waals surface area contributed by atoms with Crippen molar-refractivity contribution < 1.29 is 22.7 Å². The van der Waals surface area contributed by atoms with Gasteiger partial charge in [0.15, 0.2) is 6.10 Å². The van der Waals surface area contributed by atoms with Gasteiger partial charge in [0.1, 0.15) is 5.75 Å². The summed E-state index contributed by atoms with van der Waals surface area (Å²) in [5, 5.41) is 0. The van der Waals surface area contributed by atoms with Crippen LogP contribution in [0.4, 0.5) is 18.9 Å². The second-order valence-corrected chi connectivity index (χ2v) is 8.32. The van der Waals surface area contributed by atoms with Crippen molar-refractivity contribution in [1.29, 1.82) is 0 Å². The quantitative estimate of drug-likeness (QED) is 0.644. The molecule has 0 unspecified atom stereocenters. The number of halogens is 3. The molecule has 0 aromatic heterocycles. The molecule has 2 aromatic carbocycles. The minimum absolute atomic E-state index is 0.111. The standard InChI is InChI=1S/C24H29F3N2O2/c1-16(2)21-9-8-17(3)14-22(21)31-18(4)23(30)29-12-10-28(11-13-29)20-7-5-6-19(15-20)24(25,26)27/h5-9,14-16,18H,10-13H2,1-4H3/t18-/m1/s1. The van der Waals surface area contributed by atoms with Crippen LogP contribution in [0.3, 0.4) is 0 Å². The molecule has 0 N–H and O–H groups in total. The first-order chi connectivity index (χ1) is 14.6. The molecule has 0 saturated carbocycles. The fraction of sp³-hybridized carbons (Fsp3) is 0.458. The van der Waals surface area contributed by atoms with E-state index in [1.54, 1.807) is 17.9 Å². The Hall–Kier alpha value is -2.70. The number of ether oxygens (including phenoxy) is 1. The Bertz CT molecular complexity index is 919. The van der Waals surface area contributed by atoms with Gasteiger partial charge in [-0.25, -0.2) is 0 Å². The number of piperazine rings is 1. The van der Waals surface area contributed by atoms with E-state index in [0.717, 1.165) is 29.0 Å². The maximum atomic E-state index is 13.0. The summed E-state index contributed by atoms with van der Waals surface area (Å²) in [5.41, 5.74) is 1.98. The highest BCUT2D eigenvalue weighted by Crippen LogP contribution is 2.32. The SMILES string of the molecule is Cc1ccc(C(C)C)c(O[C@H](C)C(=O)N2CCN(c3cccc(C(F)(F)F)c3)CC2)c1. The van der Waals surface area contributed by atoms with Crippen LogP contribution in [0.2, 0.25) is 0 Å². The number of aryl methyl sites for hydroxylation is 1. The van der Waals surface area contributed by atoms with Crippen molar-refractivity contribution >= 4 is 11.6 Å². The molecular weight excluding hydrogens is 405 g/mol. The van der Waals surface area contributed by atoms with E-state index in [2.05, 4.69) is 13.8 Å². The molecule has 1 heterocycles. The monoisotopic (exact) mass is 434 g/mol. The molecule has 2 aromatic rings. The third-order valence-electron chi connectivity index (χ3n) is 5.57. The Kier molecular flexibility index (Phi) is 6.82. The van der Waals surface area contributed by atoms with Gasteiger partial charge in [0.2, 0.25) is 0 Å². The summed E-state index contributed by atoms with van der Waals surface area (Å²) in [5.74, 6) is 0.882. The average molecular weight is 435 g/mol. The van der Waals surface area contributed by atoms with E-state index in [9.17, 15) is 18.0 Å². The van der Waals surface area contributed by atoms with Gasteiger partial charge in [0.05, 0.1) is 5.56 Å². The first-order valence-corrected chi connectivity index (χ1v) is 10.5. The largest absolute Gasteiger partial charge is 0.481 e. The third-order valence-corrected chi connectivity index (χ3v) is 5.57. The second kappa shape index (κ2) is 9.20. The minimum atomic E-state index is -4.37. The zero-order valence-electron chi connectivity index (χ0n) is 18.4. The predicted molar refractivity (Wildman–Crippen MR) is 116 cm³/mol. The van der Waals surface area contributed by atoms with Crippen molar-refractivity contribution in [3.8, 4) is 5.75 Å². The van der Waals surface area contributed by atoms with Crippen molar-refractivity contribution in [1.82, 2.24) is 4.90 Å². The molecule has 1 aliphatic heterocycles. The summed E-state index contributed by atoms with van der Waals surface area (Å²) < 4.78 is 45.0. The number of rotatable bonds is 5. The number of carbonyl (C=O) groups is 1. The molecule has 3 rings (SSSR count). The molecule has 4 nitrogen and oxygen atoms in total. The van der Waals surface area contributed by atoms with Gasteiger partial charge < -0.3 is 14.5 Å². The Labute approximate surface area is 181 Å². The Morgan fingerprint density at radius 3 is 2.29 bits per heavy atom. The lowest BCUT2D eigenvalue weighted by Crippen LogP contribution is -2.52. The van der Waals surface area contributed by atoms with E-state index in [-0.39, 0.29) is 11.8 Å². The average Bonchev–Trinajstić information content (AvgIpc) is 2.72. The number of alkyl halides is 3. The molecule has 168 valence electrons. The van der Waals surface area contributed by atoms with Gasteiger partial charge in [-0.1, -0.05) is 32.0 Å². The van der Waals surface area contributed by atoms with Gasteiger partial charge >= 0.3 is 6.18 Å². The van der Waals surface area contributed by atoms with Gasteiger partial charge in [-0.15, -0.1) is 0 Å². The Morgan fingerprint density at radius 2 is 1.68 bits per heavy atom. The molecule has 0 aliphatic carbocycles. The summed E-state index contributed by atoms with van der Waals surface area (Å²) >= 11 is 0. The highest BCUT2D eigenvalue weighted by Gasteiger charge is 2.32. The van der Waals surface area contributed by atoms with E-state index in [1.807, 2.05) is 30.0 Å². The normalized spacial score (nSPS) is 15.9. The van der Waals surface area contributed by atoms with Gasteiger partial charge in [-0.05, 0) is 55.2 Å². The fourth-order valence-corrected chi connectivity index (χ4v) is 3.78. The zero-order valence-corrected chi connectivity index (χ0v) is 18.4. The molecule has 0 spiro atoms. The van der Waals surface area contributed by atoms with Crippen molar-refractivity contribution in [2.75, 3.05) is 31.1 Å². The third kappa shape index (κ3) is 5.51. The van der Waals surface area contributed by atoms with Crippen LogP contribution in [0.15, 0.2) is 42.5 Å². The van der Waals surface area contributed by atoms with Crippen LogP contribution in [-0.4, -0.2) is 43.1 Å². The summed E-state index contributed by atoms with van der Waals surface area (Å²) in [4.78, 5) is 16.5. The molecule has 1 fully saturated rings. The van der Waals surface area contributed by atoms with Crippen molar-refractivity contribution in [2.45, 2.75) is 45.9 Å². The van der Waals surface area contributed by atoms with Crippen molar-refractivity contribution in [3.63, 3.8) is 0 Å². The molecule has 1 amide bonds. The Balaban J connectivity index is 1.62. The lowest BCUT2D eigenvalue weighted by molar-refractivity contribution is -0.138. The van der Waals surface area contributed by atoms with Crippen LogP contribution < -0.4 is 9.64 Å². The van der Waals surface area contributed by atoms with Crippen LogP contribution in [0, 0.1) is 6.92 Å². The molecule has 0 bridgehead atoms. The molecule has 1 aliphatic rings. The highest BCUT2D eigenvalue weighted by molar-refractivity contribution is 5.81. The molecule has 1 saturated heterocycles. The minimum Gasteiger partial charge on any atom is -0.481 e. The maximum Gasteiger partial charge on any atom is 0.416 e. The van der Waals surface area contributed by atoms with E-state index in [4.69, 9.17) is 4.74 Å². The van der Waals surface area contributed by atoms with Crippen molar-refractivity contribution in [2.24, 2.45) is 0 Å². The number of anilines is 1. The van der Waals surface area contributed by atoms with E-state index in [0.29, 0.717) is 31.9 Å². The number of nitrogens with zero attached hydrogens (tertiary/aromatic N) is 2. The summed E-state index contributed by atoms with van der Waals surface area (Å²) in [6.07, 6.45) is -5.01. The summed E-state index contributed by atoms with van der Waals surface area (Å²) in [6.45, 7) is 9.71. The molecule has 31 heavy (non-hydrogen) atoms. The van der Waals surface area contributed by atoms with Crippen LogP contribution in [0.5, 0.6) is 5.75 Å². The first kappa shape index (κ1) is 23.0. The Morgan fingerprint density at radius 1 is 1.00 bits per heavy atom. The van der Waals surface area contributed by atoms with E-state index >= 15 is 0 Å². The van der Waals surface area contributed by atoms with Crippen LogP contribution in [0.25, 0.3) is 0 Å². The first-order valence-electron chi connectivity index (χ1n) is 10.5. The topological polar surface area (TPSA) is 32.8 Å². The molecule has 1 atom stereocenters. The number of benzene rings is 2. The highest BCUT2D eigenvalue weighted by atomic mass is 19.4. The van der Waals surface area contributed by atoms with Gasteiger partial charge in [-0.3, -0.25) is 4.79 Å². The predicted octanol–water partition coefficient (Wildman–Crippen LogP) is 5.25. The maximum absolute atomic E-state index is 13.0. The smallest absolute Gasteiger partial charge is 0.416 e. The number of hydrogen-bond donors (Lipinski definition) is 0. The summed E-state index contributed by atoms with van der Waals surface area (Å²) in [7, 11) is 0.